The summed E-state index contributed by atoms with van der Waals surface area (Å²) < 4.78 is 5.87. The van der Waals surface area contributed by atoms with E-state index in [1.807, 2.05) is 0 Å². The quantitative estimate of drug-likeness (QED) is 0.785. The molecule has 0 radical (unpaired) electrons. The Morgan fingerprint density at radius 1 is 1.31 bits per heavy atom. The van der Waals surface area contributed by atoms with Crippen LogP contribution in [-0.4, -0.2) is 23.7 Å². The zero-order valence-corrected chi connectivity index (χ0v) is 8.64. The van der Waals surface area contributed by atoms with E-state index in [0.29, 0.717) is 11.1 Å². The molecule has 0 saturated carbocycles. The lowest BCUT2D eigenvalue weighted by atomic mass is 10.1. The molecular weight excluding hydrogens is 208 g/mol. The van der Waals surface area contributed by atoms with Crippen molar-refractivity contribution < 1.29 is 14.3 Å². The molecule has 0 fully saturated rings. The van der Waals surface area contributed by atoms with Gasteiger partial charge in [0.25, 0.3) is 5.91 Å². The number of hydrogen-bond acceptors (Lipinski definition) is 3. The fraction of sp³-hybridized carbons (Fsp3) is 0.0909. The van der Waals surface area contributed by atoms with Gasteiger partial charge in [-0.15, -0.1) is 0 Å². The first-order valence-electron chi connectivity index (χ1n) is 4.63. The maximum Gasteiger partial charge on any atom is 0.418 e. The van der Waals surface area contributed by atoms with Gasteiger partial charge in [0.2, 0.25) is 0 Å². The van der Waals surface area contributed by atoms with Gasteiger partial charge in [-0.05, 0) is 12.1 Å². The topological polar surface area (TPSA) is 74.3 Å². The van der Waals surface area contributed by atoms with E-state index >= 15 is 0 Å². The molecule has 5 heteroatoms. The first kappa shape index (κ1) is 10.2. The van der Waals surface area contributed by atoms with Crippen LogP contribution in [-0.2, 0) is 4.74 Å². The van der Waals surface area contributed by atoms with Crippen LogP contribution < -0.4 is 5.73 Å². The molecule has 1 heterocycles. The molecule has 2 rings (SSSR count). The van der Waals surface area contributed by atoms with Crippen molar-refractivity contribution >= 4 is 22.9 Å². The maximum atomic E-state index is 11.5. The average Bonchev–Trinajstić information content (AvgIpc) is 2.71. The summed E-state index contributed by atoms with van der Waals surface area (Å²) in [6, 6.07) is 6.80. The Bertz CT molecular complexity index is 572. The van der Waals surface area contributed by atoms with Crippen molar-refractivity contribution in [3.8, 4) is 0 Å². The van der Waals surface area contributed by atoms with Gasteiger partial charge < -0.3 is 10.5 Å². The molecule has 1 aromatic heterocycles. The van der Waals surface area contributed by atoms with E-state index < -0.39 is 12.0 Å². The third kappa shape index (κ3) is 1.42. The van der Waals surface area contributed by atoms with Gasteiger partial charge in [0.05, 0.1) is 18.2 Å². The smallest absolute Gasteiger partial charge is 0.418 e. The van der Waals surface area contributed by atoms with Crippen molar-refractivity contribution in [3.63, 3.8) is 0 Å². The van der Waals surface area contributed by atoms with Crippen LogP contribution in [0, 0.1) is 0 Å². The minimum atomic E-state index is -0.575. The Kier molecular flexibility index (Phi) is 2.36. The molecule has 0 unspecified atom stereocenters. The molecule has 0 aliphatic heterocycles. The molecular formula is C11H10N2O3. The van der Waals surface area contributed by atoms with Crippen LogP contribution in [0.3, 0.4) is 0 Å². The van der Waals surface area contributed by atoms with Gasteiger partial charge in [0, 0.05) is 11.6 Å². The second kappa shape index (κ2) is 3.69. The van der Waals surface area contributed by atoms with Gasteiger partial charge in [0.15, 0.2) is 0 Å². The van der Waals surface area contributed by atoms with E-state index in [1.165, 1.54) is 11.7 Å². The lowest BCUT2D eigenvalue weighted by Crippen LogP contribution is -2.16. The van der Waals surface area contributed by atoms with Crippen molar-refractivity contribution in [2.75, 3.05) is 7.11 Å². The lowest BCUT2D eigenvalue weighted by molar-refractivity contribution is 0.100. The van der Waals surface area contributed by atoms with Crippen molar-refractivity contribution in [2.45, 2.75) is 0 Å². The minimum Gasteiger partial charge on any atom is -0.452 e. The van der Waals surface area contributed by atoms with E-state index in [4.69, 9.17) is 5.73 Å². The number of aromatic nitrogens is 1. The number of fused-ring (bicyclic) bond motifs is 1. The Hall–Kier alpha value is -2.30. The van der Waals surface area contributed by atoms with Crippen LogP contribution in [0.4, 0.5) is 4.79 Å². The fourth-order valence-corrected chi connectivity index (χ4v) is 1.64. The number of carbonyl (C=O) groups is 2. The minimum absolute atomic E-state index is 0.299. The first-order valence-corrected chi connectivity index (χ1v) is 4.63. The molecule has 2 aromatic rings. The third-order valence-electron chi connectivity index (χ3n) is 2.35. The van der Waals surface area contributed by atoms with E-state index in [9.17, 15) is 9.59 Å². The highest BCUT2D eigenvalue weighted by atomic mass is 16.5. The average molecular weight is 218 g/mol. The number of hydrogen-bond donors (Lipinski definition) is 1. The van der Waals surface area contributed by atoms with Crippen molar-refractivity contribution in [2.24, 2.45) is 5.73 Å². The van der Waals surface area contributed by atoms with E-state index in [2.05, 4.69) is 4.74 Å². The summed E-state index contributed by atoms with van der Waals surface area (Å²) in [5.74, 6) is -0.575. The predicted molar refractivity (Wildman–Crippen MR) is 58.3 cm³/mol. The number of ether oxygens (including phenoxy) is 1. The Balaban J connectivity index is 2.77. The van der Waals surface area contributed by atoms with E-state index in [0.717, 1.165) is 5.39 Å². The highest BCUT2D eigenvalue weighted by Gasteiger charge is 2.14. The Morgan fingerprint density at radius 3 is 2.69 bits per heavy atom. The highest BCUT2D eigenvalue weighted by molar-refractivity contribution is 6.07. The maximum absolute atomic E-state index is 11.5. The summed E-state index contributed by atoms with van der Waals surface area (Å²) in [5.41, 5.74) is 6.02. The Morgan fingerprint density at radius 2 is 2.06 bits per heavy atom. The van der Waals surface area contributed by atoms with Crippen molar-refractivity contribution in [1.29, 1.82) is 0 Å². The summed E-state index contributed by atoms with van der Waals surface area (Å²) in [6.45, 7) is 0. The number of amides is 1. The summed E-state index contributed by atoms with van der Waals surface area (Å²) in [6.07, 6.45) is 0.992. The molecule has 1 amide bonds. The number of primary amides is 1. The van der Waals surface area contributed by atoms with Gasteiger partial charge in [0.1, 0.15) is 0 Å². The standard InChI is InChI=1S/C11H10N2O3/c1-16-11(15)13-6-5-7-3-2-4-8(9(7)13)10(12)14/h2-6H,1H3,(H2,12,14). The largest absolute Gasteiger partial charge is 0.452 e. The van der Waals surface area contributed by atoms with Crippen LogP contribution in [0.1, 0.15) is 10.4 Å². The summed E-state index contributed by atoms with van der Waals surface area (Å²) in [4.78, 5) is 22.7. The van der Waals surface area contributed by atoms with Crippen LogP contribution in [0.5, 0.6) is 0 Å². The molecule has 0 spiro atoms. The van der Waals surface area contributed by atoms with Gasteiger partial charge in [-0.1, -0.05) is 12.1 Å². The van der Waals surface area contributed by atoms with Crippen LogP contribution in [0.2, 0.25) is 0 Å². The first-order chi connectivity index (χ1) is 7.65. The molecule has 5 nitrogen and oxygen atoms in total. The zero-order chi connectivity index (χ0) is 11.7. The SMILES string of the molecule is COC(=O)n1ccc2cccc(C(N)=O)c21. The molecule has 0 saturated heterocycles. The Labute approximate surface area is 91.4 Å². The molecule has 0 aliphatic rings. The van der Waals surface area contributed by atoms with Gasteiger partial charge in [-0.3, -0.25) is 9.36 Å². The van der Waals surface area contributed by atoms with Crippen LogP contribution in [0.25, 0.3) is 10.9 Å². The normalized spacial score (nSPS) is 10.3. The zero-order valence-electron chi connectivity index (χ0n) is 8.64. The van der Waals surface area contributed by atoms with Crippen LogP contribution >= 0.6 is 0 Å². The number of methoxy groups -OCH3 is 1. The number of rotatable bonds is 1. The summed E-state index contributed by atoms with van der Waals surface area (Å²) >= 11 is 0. The number of benzene rings is 1. The number of nitrogens with zero attached hydrogens (tertiary/aromatic N) is 1. The molecule has 0 bridgehead atoms. The fourth-order valence-electron chi connectivity index (χ4n) is 1.64. The molecule has 0 aliphatic carbocycles. The summed E-state index contributed by atoms with van der Waals surface area (Å²) in [7, 11) is 1.28. The molecule has 16 heavy (non-hydrogen) atoms. The third-order valence-corrected chi connectivity index (χ3v) is 2.35. The summed E-state index contributed by atoms with van der Waals surface area (Å²) in [5, 5.41) is 0.765. The van der Waals surface area contributed by atoms with Gasteiger partial charge in [-0.25, -0.2) is 4.79 Å². The highest BCUT2D eigenvalue weighted by Crippen LogP contribution is 2.20. The number of para-hydroxylation sites is 1. The van der Waals surface area contributed by atoms with Crippen molar-refractivity contribution in [1.82, 2.24) is 4.57 Å². The van der Waals surface area contributed by atoms with E-state index in [-0.39, 0.29) is 0 Å². The van der Waals surface area contributed by atoms with Crippen LogP contribution in [0.15, 0.2) is 30.5 Å². The molecule has 82 valence electrons. The lowest BCUT2D eigenvalue weighted by Gasteiger charge is -2.04. The van der Waals surface area contributed by atoms with Crippen molar-refractivity contribution in [3.05, 3.63) is 36.0 Å². The molecule has 1 aromatic carbocycles. The number of carbonyl (C=O) groups excluding carboxylic acids is 2. The van der Waals surface area contributed by atoms with E-state index in [1.54, 1.807) is 30.5 Å². The molecule has 2 N–H and O–H groups in total. The monoisotopic (exact) mass is 218 g/mol. The molecule has 0 atom stereocenters. The van der Waals surface area contributed by atoms with Gasteiger partial charge >= 0.3 is 6.09 Å². The predicted octanol–water partition coefficient (Wildman–Crippen LogP) is 1.35. The second-order valence-electron chi connectivity index (χ2n) is 3.26. The number of nitrogens with two attached hydrogens (primary N) is 1. The van der Waals surface area contributed by atoms with Gasteiger partial charge in [-0.2, -0.15) is 0 Å². The second-order valence-corrected chi connectivity index (χ2v) is 3.26.